The summed E-state index contributed by atoms with van der Waals surface area (Å²) in [6, 6.07) is 14.0. The van der Waals surface area contributed by atoms with E-state index in [1.165, 1.54) is 0 Å². The first-order valence-corrected chi connectivity index (χ1v) is 7.04. The molecule has 3 N–H and O–H groups in total. The number of carbonyl (C=O) groups is 1. The molecule has 0 spiro atoms. The molecule has 0 aromatic heterocycles. The van der Waals surface area contributed by atoms with Crippen LogP contribution in [0.4, 0.5) is 0 Å². The molecule has 22 heavy (non-hydrogen) atoms. The number of ether oxygens (including phenoxy) is 1. The Morgan fingerprint density at radius 1 is 0.955 bits per heavy atom. The largest absolute Gasteiger partial charge is 0.423 e. The minimum atomic E-state index is -0.406. The molecule has 0 heterocycles. The number of nitrogens with two attached hydrogens (primary N) is 1. The van der Waals surface area contributed by atoms with Crippen LogP contribution in [0.15, 0.2) is 48.5 Å². The fraction of sp³-hybridized carbons (Fsp3) is 0.222. The van der Waals surface area contributed by atoms with E-state index >= 15 is 0 Å². The molecule has 0 saturated carbocycles. The molecule has 2 rings (SSSR count). The van der Waals surface area contributed by atoms with E-state index < -0.39 is 5.97 Å². The zero-order chi connectivity index (χ0) is 16.3. The van der Waals surface area contributed by atoms with Crippen LogP contribution in [-0.2, 0) is 5.41 Å². The second kappa shape index (κ2) is 6.02. The van der Waals surface area contributed by atoms with Crippen molar-refractivity contribution >= 4 is 11.8 Å². The number of benzene rings is 2. The lowest BCUT2D eigenvalue weighted by Gasteiger charge is -2.18. The van der Waals surface area contributed by atoms with Crippen LogP contribution < -0.4 is 10.5 Å². The average molecular weight is 296 g/mol. The second-order valence-corrected chi connectivity index (χ2v) is 6.15. The van der Waals surface area contributed by atoms with Gasteiger partial charge in [-0.25, -0.2) is 4.79 Å². The molecular formula is C18H20N2O2. The predicted octanol–water partition coefficient (Wildman–Crippen LogP) is 3.49. The van der Waals surface area contributed by atoms with Crippen LogP contribution in [0.5, 0.6) is 5.75 Å². The third kappa shape index (κ3) is 3.73. The van der Waals surface area contributed by atoms with Crippen molar-refractivity contribution in [2.24, 2.45) is 5.73 Å². The maximum Gasteiger partial charge on any atom is 0.343 e. The fourth-order valence-corrected chi connectivity index (χ4v) is 1.97. The molecule has 0 saturated heterocycles. The van der Waals surface area contributed by atoms with E-state index in [2.05, 4.69) is 20.8 Å². The van der Waals surface area contributed by atoms with Gasteiger partial charge in [0.15, 0.2) is 0 Å². The van der Waals surface area contributed by atoms with Crippen LogP contribution in [0.3, 0.4) is 0 Å². The van der Waals surface area contributed by atoms with E-state index in [4.69, 9.17) is 15.9 Å². The maximum absolute atomic E-state index is 12.1. The Balaban J connectivity index is 2.10. The van der Waals surface area contributed by atoms with Gasteiger partial charge in [0.2, 0.25) is 0 Å². The van der Waals surface area contributed by atoms with Crippen molar-refractivity contribution in [2.45, 2.75) is 26.2 Å². The highest BCUT2D eigenvalue weighted by Crippen LogP contribution is 2.22. The summed E-state index contributed by atoms with van der Waals surface area (Å²) in [5, 5.41) is 7.32. The smallest absolute Gasteiger partial charge is 0.343 e. The van der Waals surface area contributed by atoms with Gasteiger partial charge in [-0.1, -0.05) is 32.9 Å². The molecule has 2 aromatic rings. The van der Waals surface area contributed by atoms with Gasteiger partial charge < -0.3 is 10.5 Å². The highest BCUT2D eigenvalue weighted by molar-refractivity contribution is 5.95. The number of hydrogen-bond acceptors (Lipinski definition) is 3. The number of esters is 1. The first-order valence-electron chi connectivity index (χ1n) is 7.04. The minimum absolute atomic E-state index is 0.0179. The van der Waals surface area contributed by atoms with Crippen molar-refractivity contribution < 1.29 is 9.53 Å². The summed E-state index contributed by atoms with van der Waals surface area (Å²) >= 11 is 0. The van der Waals surface area contributed by atoms with Crippen LogP contribution in [0, 0.1) is 5.41 Å². The molecule has 0 aliphatic heterocycles. The molecule has 0 fully saturated rings. The van der Waals surface area contributed by atoms with Crippen LogP contribution in [0.25, 0.3) is 0 Å². The number of amidine groups is 1. The Hall–Kier alpha value is -2.62. The van der Waals surface area contributed by atoms with Crippen LogP contribution in [0.1, 0.15) is 42.3 Å². The molecule has 0 radical (unpaired) electrons. The standard InChI is InChI=1S/C18H20N2O2/c1-18(2,3)14-8-4-13(5-9-14)17(21)22-15-10-6-12(7-11-15)16(19)20/h4-11H,1-3H3,(H3,19,20). The number of carbonyl (C=O) groups excluding carboxylic acids is 1. The van der Waals surface area contributed by atoms with Gasteiger partial charge in [-0.2, -0.15) is 0 Å². The molecule has 0 aliphatic rings. The third-order valence-electron chi connectivity index (χ3n) is 3.36. The highest BCUT2D eigenvalue weighted by Gasteiger charge is 2.15. The molecular weight excluding hydrogens is 276 g/mol. The molecule has 0 atom stereocenters. The lowest BCUT2D eigenvalue weighted by atomic mass is 9.87. The van der Waals surface area contributed by atoms with Gasteiger partial charge in [0, 0.05) is 5.56 Å². The average Bonchev–Trinajstić information content (AvgIpc) is 2.47. The predicted molar refractivity (Wildman–Crippen MR) is 87.6 cm³/mol. The van der Waals surface area contributed by atoms with Gasteiger partial charge in [0.25, 0.3) is 0 Å². The Labute approximate surface area is 130 Å². The minimum Gasteiger partial charge on any atom is -0.423 e. The van der Waals surface area contributed by atoms with Crippen molar-refractivity contribution in [3.63, 3.8) is 0 Å². The van der Waals surface area contributed by atoms with E-state index in [9.17, 15) is 4.79 Å². The number of nitrogens with one attached hydrogen (secondary N) is 1. The molecule has 0 aliphatic carbocycles. The first kappa shape index (κ1) is 15.8. The van der Waals surface area contributed by atoms with E-state index in [1.807, 2.05) is 12.1 Å². The van der Waals surface area contributed by atoms with E-state index in [-0.39, 0.29) is 11.3 Å². The Morgan fingerprint density at radius 3 is 1.91 bits per heavy atom. The number of rotatable bonds is 3. The van der Waals surface area contributed by atoms with Gasteiger partial charge >= 0.3 is 5.97 Å². The second-order valence-electron chi connectivity index (χ2n) is 6.15. The van der Waals surface area contributed by atoms with E-state index in [0.717, 1.165) is 5.56 Å². The normalized spacial score (nSPS) is 11.0. The summed E-state index contributed by atoms with van der Waals surface area (Å²) in [6.07, 6.45) is 0. The van der Waals surface area contributed by atoms with Crippen molar-refractivity contribution in [3.05, 3.63) is 65.2 Å². The monoisotopic (exact) mass is 296 g/mol. The summed E-state index contributed by atoms with van der Waals surface area (Å²) in [5.41, 5.74) is 7.68. The van der Waals surface area contributed by atoms with Gasteiger partial charge in [-0.3, -0.25) is 5.41 Å². The summed E-state index contributed by atoms with van der Waals surface area (Å²) in [4.78, 5) is 12.1. The first-order chi connectivity index (χ1) is 10.3. The van der Waals surface area contributed by atoms with Crippen LogP contribution in [0.2, 0.25) is 0 Å². The van der Waals surface area contributed by atoms with Crippen molar-refractivity contribution in [1.29, 1.82) is 5.41 Å². The summed E-state index contributed by atoms with van der Waals surface area (Å²) < 4.78 is 5.31. The quantitative estimate of drug-likeness (QED) is 0.394. The van der Waals surface area contributed by atoms with E-state index in [1.54, 1.807) is 36.4 Å². The molecule has 0 bridgehead atoms. The lowest BCUT2D eigenvalue weighted by Crippen LogP contribution is -2.13. The molecule has 4 nitrogen and oxygen atoms in total. The Morgan fingerprint density at radius 2 is 1.45 bits per heavy atom. The maximum atomic E-state index is 12.1. The van der Waals surface area contributed by atoms with Crippen LogP contribution in [-0.4, -0.2) is 11.8 Å². The van der Waals surface area contributed by atoms with Crippen LogP contribution >= 0.6 is 0 Å². The zero-order valence-electron chi connectivity index (χ0n) is 13.0. The van der Waals surface area contributed by atoms with E-state index in [0.29, 0.717) is 16.9 Å². The molecule has 4 heteroatoms. The Kier molecular flexibility index (Phi) is 4.31. The molecule has 114 valence electrons. The van der Waals surface area contributed by atoms with Gasteiger partial charge in [-0.05, 0) is 47.4 Å². The molecule has 2 aromatic carbocycles. The number of nitrogen functional groups attached to an aromatic ring is 1. The highest BCUT2D eigenvalue weighted by atomic mass is 16.5. The fourth-order valence-electron chi connectivity index (χ4n) is 1.97. The summed E-state index contributed by atoms with van der Waals surface area (Å²) in [5.74, 6) is 0.00146. The molecule has 0 amide bonds. The molecule has 0 unspecified atom stereocenters. The zero-order valence-corrected chi connectivity index (χ0v) is 13.0. The third-order valence-corrected chi connectivity index (χ3v) is 3.36. The van der Waals surface area contributed by atoms with Crippen molar-refractivity contribution in [2.75, 3.05) is 0 Å². The Bertz CT molecular complexity index is 681. The summed E-state index contributed by atoms with van der Waals surface area (Å²) in [6.45, 7) is 6.37. The van der Waals surface area contributed by atoms with Gasteiger partial charge in [-0.15, -0.1) is 0 Å². The lowest BCUT2D eigenvalue weighted by molar-refractivity contribution is 0.0734. The van der Waals surface area contributed by atoms with Crippen molar-refractivity contribution in [1.82, 2.24) is 0 Å². The van der Waals surface area contributed by atoms with Gasteiger partial charge in [0.05, 0.1) is 5.56 Å². The summed E-state index contributed by atoms with van der Waals surface area (Å²) in [7, 11) is 0. The van der Waals surface area contributed by atoms with Gasteiger partial charge in [0.1, 0.15) is 11.6 Å². The topological polar surface area (TPSA) is 76.2 Å². The number of hydrogen-bond donors (Lipinski definition) is 2. The van der Waals surface area contributed by atoms with Crippen molar-refractivity contribution in [3.8, 4) is 5.75 Å². The SMILES string of the molecule is CC(C)(C)c1ccc(C(=O)Oc2ccc(C(=N)N)cc2)cc1.